The van der Waals surface area contributed by atoms with Gasteiger partial charge in [-0.15, -0.1) is 0 Å². The molecule has 6 nitrogen and oxygen atoms in total. The molecule has 0 fully saturated rings. The first-order valence-electron chi connectivity index (χ1n) is 9.79. The fourth-order valence-electron chi connectivity index (χ4n) is 4.20. The number of hydrogen-bond donors (Lipinski definition) is 5. The predicted molar refractivity (Wildman–Crippen MR) is 133 cm³/mol. The molecule has 5 rings (SSSR count). The lowest BCUT2D eigenvalue weighted by Crippen LogP contribution is -2.08. The molecule has 0 aliphatic carbocycles. The van der Waals surface area contributed by atoms with Crippen molar-refractivity contribution in [3.8, 4) is 45.6 Å². The van der Waals surface area contributed by atoms with Crippen LogP contribution in [0, 0.1) is 0 Å². The largest absolute Gasteiger partial charge is 0.507 e. The third-order valence-electron chi connectivity index (χ3n) is 5.76. The van der Waals surface area contributed by atoms with E-state index in [1.807, 2.05) is 42.5 Å². The number of nitrogens with zero attached hydrogens (tertiary/aromatic N) is 1. The van der Waals surface area contributed by atoms with E-state index in [1.54, 1.807) is 12.1 Å². The highest BCUT2D eigenvalue weighted by Gasteiger charge is 2.29. The van der Waals surface area contributed by atoms with Gasteiger partial charge in [-0.25, -0.2) is 0 Å². The minimum atomic E-state index is -0.724. The van der Waals surface area contributed by atoms with Crippen molar-refractivity contribution in [2.24, 2.45) is 0 Å². The molecule has 1 aromatic heterocycles. The zero-order chi connectivity index (χ0) is 23.6. The standard InChI is InChI=1S/C24H14B2BrNO5/c25-15-21(30)17(27)13-14-19(23(32)16(26)24(33)20(14)29)28(18(13)22(15)31)12-9-5-4-8-11(12)10-6-2-1-3-7-10/h1-9,29-33H. The Morgan fingerprint density at radius 1 is 0.606 bits per heavy atom. The van der Waals surface area contributed by atoms with Crippen molar-refractivity contribution in [2.45, 2.75) is 0 Å². The number of phenols is 5. The molecule has 0 atom stereocenters. The topological polar surface area (TPSA) is 106 Å². The maximum absolute atomic E-state index is 11.0. The van der Waals surface area contributed by atoms with Crippen LogP contribution in [0.2, 0.25) is 0 Å². The first-order chi connectivity index (χ1) is 15.8. The lowest BCUT2D eigenvalue weighted by molar-refractivity contribution is 0.406. The first-order valence-corrected chi connectivity index (χ1v) is 10.6. The van der Waals surface area contributed by atoms with E-state index in [0.717, 1.165) is 11.1 Å². The van der Waals surface area contributed by atoms with Gasteiger partial charge in [0.05, 0.1) is 26.6 Å². The van der Waals surface area contributed by atoms with E-state index in [0.29, 0.717) is 5.69 Å². The number of aromatic hydroxyl groups is 5. The summed E-state index contributed by atoms with van der Waals surface area (Å²) in [4.78, 5) is 0. The number of fused-ring (bicyclic) bond motifs is 3. The summed E-state index contributed by atoms with van der Waals surface area (Å²) in [6.07, 6.45) is 0. The minimum Gasteiger partial charge on any atom is -0.507 e. The van der Waals surface area contributed by atoms with Gasteiger partial charge in [0.1, 0.15) is 32.9 Å². The summed E-state index contributed by atoms with van der Waals surface area (Å²) in [6, 6.07) is 16.7. The summed E-state index contributed by atoms with van der Waals surface area (Å²) >= 11 is 3.28. The highest BCUT2D eigenvalue weighted by molar-refractivity contribution is 9.10. The van der Waals surface area contributed by atoms with Crippen molar-refractivity contribution in [1.29, 1.82) is 0 Å². The van der Waals surface area contributed by atoms with Crippen LogP contribution >= 0.6 is 15.9 Å². The Morgan fingerprint density at radius 3 is 1.82 bits per heavy atom. The van der Waals surface area contributed by atoms with Gasteiger partial charge in [-0.1, -0.05) is 48.5 Å². The molecule has 4 aromatic carbocycles. The van der Waals surface area contributed by atoms with Gasteiger partial charge in [0.25, 0.3) is 0 Å². The van der Waals surface area contributed by atoms with E-state index in [1.165, 1.54) is 4.57 Å². The average Bonchev–Trinajstić information content (AvgIpc) is 3.20. The van der Waals surface area contributed by atoms with Crippen molar-refractivity contribution in [2.75, 3.05) is 0 Å². The van der Waals surface area contributed by atoms with E-state index in [9.17, 15) is 25.5 Å². The molecule has 0 bridgehead atoms. The van der Waals surface area contributed by atoms with Gasteiger partial charge >= 0.3 is 0 Å². The summed E-state index contributed by atoms with van der Waals surface area (Å²) in [5.74, 6) is -2.78. The summed E-state index contributed by atoms with van der Waals surface area (Å²) in [6.45, 7) is 0. The molecule has 158 valence electrons. The van der Waals surface area contributed by atoms with Gasteiger partial charge in [0.2, 0.25) is 0 Å². The number of para-hydroxylation sites is 1. The molecule has 0 saturated heterocycles. The lowest BCUT2D eigenvalue weighted by atomic mass is 9.90. The molecule has 0 amide bonds. The zero-order valence-corrected chi connectivity index (χ0v) is 18.5. The Hall–Kier alpha value is -3.71. The quantitative estimate of drug-likeness (QED) is 0.146. The zero-order valence-electron chi connectivity index (χ0n) is 16.9. The van der Waals surface area contributed by atoms with E-state index < -0.39 is 34.2 Å². The molecule has 5 aromatic rings. The molecule has 0 saturated carbocycles. The average molecular weight is 498 g/mol. The van der Waals surface area contributed by atoms with Crippen molar-refractivity contribution < 1.29 is 25.5 Å². The van der Waals surface area contributed by atoms with Crippen molar-refractivity contribution >= 4 is 64.4 Å². The number of halogens is 1. The molecule has 0 aliphatic heterocycles. The van der Waals surface area contributed by atoms with Crippen LogP contribution in [0.5, 0.6) is 28.7 Å². The van der Waals surface area contributed by atoms with E-state index in [2.05, 4.69) is 15.9 Å². The Labute approximate surface area is 198 Å². The van der Waals surface area contributed by atoms with Crippen LogP contribution in [0.15, 0.2) is 59.1 Å². The van der Waals surface area contributed by atoms with Crippen LogP contribution in [0.4, 0.5) is 0 Å². The highest BCUT2D eigenvalue weighted by atomic mass is 79.9. The SMILES string of the molecule is [B]c1c(O)c(O)c2c3c(Br)c(O)c([B])c(O)c3n(-c3ccccc3-c3ccccc3)c2c1O. The smallest absolute Gasteiger partial charge is 0.167 e. The fourth-order valence-corrected chi connectivity index (χ4v) is 4.80. The van der Waals surface area contributed by atoms with Gasteiger partial charge in [0.15, 0.2) is 11.5 Å². The second-order valence-corrected chi connectivity index (χ2v) is 8.34. The summed E-state index contributed by atoms with van der Waals surface area (Å²) < 4.78 is 1.56. The number of phenolic OH excluding ortho intramolecular Hbond substituents is 5. The van der Waals surface area contributed by atoms with E-state index in [-0.39, 0.29) is 31.7 Å². The molecular formula is C24H14B2BrNO5. The van der Waals surface area contributed by atoms with E-state index >= 15 is 0 Å². The maximum Gasteiger partial charge on any atom is 0.167 e. The Morgan fingerprint density at radius 2 is 1.15 bits per heavy atom. The first kappa shape index (κ1) is 21.2. The number of hydrogen-bond acceptors (Lipinski definition) is 5. The van der Waals surface area contributed by atoms with E-state index in [4.69, 9.17) is 15.7 Å². The maximum atomic E-state index is 11.0. The number of rotatable bonds is 2. The second kappa shape index (κ2) is 7.42. The molecule has 33 heavy (non-hydrogen) atoms. The molecule has 0 spiro atoms. The third kappa shape index (κ3) is 2.82. The normalized spacial score (nSPS) is 11.4. The van der Waals surface area contributed by atoms with Gasteiger partial charge in [-0.2, -0.15) is 0 Å². The molecule has 4 radical (unpaired) electrons. The highest BCUT2D eigenvalue weighted by Crippen LogP contribution is 2.51. The van der Waals surface area contributed by atoms with Gasteiger partial charge in [0, 0.05) is 10.9 Å². The fraction of sp³-hybridized carbons (Fsp3) is 0. The summed E-state index contributed by atoms with van der Waals surface area (Å²) in [5.41, 5.74) is 1.48. The molecule has 5 N–H and O–H groups in total. The van der Waals surface area contributed by atoms with Crippen molar-refractivity contribution in [3.05, 3.63) is 59.1 Å². The van der Waals surface area contributed by atoms with Crippen LogP contribution in [-0.4, -0.2) is 45.8 Å². The summed E-state index contributed by atoms with van der Waals surface area (Å²) in [7, 11) is 11.8. The molecular weight excluding hydrogens is 484 g/mol. The van der Waals surface area contributed by atoms with Crippen molar-refractivity contribution in [1.82, 2.24) is 4.57 Å². The van der Waals surface area contributed by atoms with Crippen LogP contribution in [0.3, 0.4) is 0 Å². The van der Waals surface area contributed by atoms with Gasteiger partial charge in [-0.05, 0) is 38.5 Å². The monoisotopic (exact) mass is 497 g/mol. The lowest BCUT2D eigenvalue weighted by Gasteiger charge is -2.17. The number of benzene rings is 4. The number of aromatic nitrogens is 1. The van der Waals surface area contributed by atoms with Gasteiger partial charge in [-0.3, -0.25) is 0 Å². The molecule has 9 heteroatoms. The van der Waals surface area contributed by atoms with Crippen molar-refractivity contribution in [3.63, 3.8) is 0 Å². The molecule has 0 unspecified atom stereocenters. The molecule has 1 heterocycles. The second-order valence-electron chi connectivity index (χ2n) is 7.55. The van der Waals surface area contributed by atoms with Crippen LogP contribution in [0.25, 0.3) is 38.6 Å². The van der Waals surface area contributed by atoms with Crippen LogP contribution in [0.1, 0.15) is 0 Å². The third-order valence-corrected chi connectivity index (χ3v) is 6.53. The predicted octanol–water partition coefficient (Wildman–Crippen LogP) is 3.33. The Kier molecular flexibility index (Phi) is 4.76. The van der Waals surface area contributed by atoms with Crippen LogP contribution < -0.4 is 10.9 Å². The summed E-state index contributed by atoms with van der Waals surface area (Å²) in [5, 5.41) is 53.7. The molecule has 0 aliphatic rings. The Balaban J connectivity index is 2.11. The van der Waals surface area contributed by atoms with Crippen LogP contribution in [-0.2, 0) is 0 Å². The van der Waals surface area contributed by atoms with Gasteiger partial charge < -0.3 is 30.1 Å². The Bertz CT molecular complexity index is 1520. The minimum absolute atomic E-state index is 0.0159.